The van der Waals surface area contributed by atoms with Crippen molar-refractivity contribution < 1.29 is 9.47 Å². The van der Waals surface area contributed by atoms with Crippen LogP contribution in [-0.4, -0.2) is 11.2 Å². The van der Waals surface area contributed by atoms with Crippen LogP contribution in [0.4, 0.5) is 0 Å². The zero-order valence-corrected chi connectivity index (χ0v) is 19.0. The molecule has 0 atom stereocenters. The third-order valence-electron chi connectivity index (χ3n) is 3.94. The summed E-state index contributed by atoms with van der Waals surface area (Å²) >= 11 is 0. The van der Waals surface area contributed by atoms with E-state index in [2.05, 4.69) is 114 Å². The van der Waals surface area contributed by atoms with Gasteiger partial charge in [-0.1, -0.05) is 42.5 Å². The molecule has 0 aliphatic heterocycles. The van der Waals surface area contributed by atoms with Gasteiger partial charge < -0.3 is 9.47 Å². The molecule has 0 saturated carbocycles. The van der Waals surface area contributed by atoms with E-state index in [1.54, 1.807) is 0 Å². The van der Waals surface area contributed by atoms with Gasteiger partial charge in [-0.25, -0.2) is 0 Å². The maximum atomic E-state index is 6.44. The highest BCUT2D eigenvalue weighted by Crippen LogP contribution is 2.44. The minimum atomic E-state index is -0.357. The SMILES string of the molecule is CC(C)(C)Oc1cccc(OC(C)(C)C)c1[S+](c1ccccc1)c1ccccc1. The molecule has 0 saturated heterocycles. The Kier molecular flexibility index (Phi) is 6.28. The van der Waals surface area contributed by atoms with Crippen molar-refractivity contribution in [3.8, 4) is 11.5 Å². The Labute approximate surface area is 178 Å². The first-order chi connectivity index (χ1) is 13.6. The molecular weight excluding hydrogens is 376 g/mol. The van der Waals surface area contributed by atoms with E-state index in [0.29, 0.717) is 0 Å². The maximum Gasteiger partial charge on any atom is 0.250 e. The highest BCUT2D eigenvalue weighted by Gasteiger charge is 2.37. The van der Waals surface area contributed by atoms with Gasteiger partial charge in [-0.05, 0) is 77.9 Å². The Balaban J connectivity index is 2.27. The van der Waals surface area contributed by atoms with Crippen molar-refractivity contribution in [2.45, 2.75) is 67.4 Å². The van der Waals surface area contributed by atoms with Crippen LogP contribution in [0.5, 0.6) is 11.5 Å². The van der Waals surface area contributed by atoms with Crippen LogP contribution < -0.4 is 9.47 Å². The first-order valence-electron chi connectivity index (χ1n) is 9.99. The van der Waals surface area contributed by atoms with Crippen LogP contribution in [0.1, 0.15) is 41.5 Å². The van der Waals surface area contributed by atoms with Crippen LogP contribution in [0.2, 0.25) is 0 Å². The summed E-state index contributed by atoms with van der Waals surface area (Å²) in [6.45, 7) is 12.5. The number of ether oxygens (including phenoxy) is 2. The number of rotatable bonds is 5. The molecule has 0 aliphatic rings. The third-order valence-corrected chi connectivity index (χ3v) is 6.23. The summed E-state index contributed by atoms with van der Waals surface area (Å²) in [5.41, 5.74) is -0.616. The molecule has 3 aromatic carbocycles. The standard InChI is InChI=1S/C26H31O2S/c1-25(2,3)27-22-18-13-19-23(28-26(4,5)6)24(22)29(20-14-9-7-10-15-20)21-16-11-8-12-17-21/h7-19H,1-6H3/q+1. The topological polar surface area (TPSA) is 18.5 Å². The maximum absolute atomic E-state index is 6.44. The van der Waals surface area contributed by atoms with E-state index in [4.69, 9.17) is 9.47 Å². The Hall–Kier alpha value is -2.39. The molecule has 29 heavy (non-hydrogen) atoms. The van der Waals surface area contributed by atoms with Crippen molar-refractivity contribution >= 4 is 10.9 Å². The average Bonchev–Trinajstić information content (AvgIpc) is 2.63. The van der Waals surface area contributed by atoms with Crippen LogP contribution in [0.3, 0.4) is 0 Å². The highest BCUT2D eigenvalue weighted by molar-refractivity contribution is 7.97. The fraction of sp³-hybridized carbons (Fsp3) is 0.308. The summed E-state index contributed by atoms with van der Waals surface area (Å²) in [5, 5.41) is 0. The van der Waals surface area contributed by atoms with Crippen molar-refractivity contribution in [2.24, 2.45) is 0 Å². The smallest absolute Gasteiger partial charge is 0.250 e. The molecule has 0 aromatic heterocycles. The van der Waals surface area contributed by atoms with Crippen LogP contribution in [-0.2, 0) is 10.9 Å². The molecule has 0 fully saturated rings. The molecular formula is C26H31O2S+. The molecule has 0 unspecified atom stereocenters. The normalized spacial score (nSPS) is 12.1. The van der Waals surface area contributed by atoms with Crippen LogP contribution >= 0.6 is 0 Å². The summed E-state index contributed by atoms with van der Waals surface area (Å²) in [6.07, 6.45) is 0. The molecule has 0 heterocycles. The number of hydrogen-bond acceptors (Lipinski definition) is 2. The summed E-state index contributed by atoms with van der Waals surface area (Å²) in [7, 11) is -0.357. The predicted octanol–water partition coefficient (Wildman–Crippen LogP) is 7.14. The van der Waals surface area contributed by atoms with Crippen molar-refractivity contribution in [3.63, 3.8) is 0 Å². The molecule has 0 aliphatic carbocycles. The minimum Gasteiger partial charge on any atom is -0.483 e. The zero-order chi connectivity index (χ0) is 21.1. The van der Waals surface area contributed by atoms with E-state index in [1.165, 1.54) is 9.79 Å². The third kappa shape index (κ3) is 5.80. The fourth-order valence-corrected chi connectivity index (χ4v) is 5.23. The van der Waals surface area contributed by atoms with E-state index in [0.717, 1.165) is 16.4 Å². The molecule has 0 N–H and O–H groups in total. The van der Waals surface area contributed by atoms with E-state index < -0.39 is 0 Å². The molecule has 0 bridgehead atoms. The lowest BCUT2D eigenvalue weighted by molar-refractivity contribution is 0.113. The van der Waals surface area contributed by atoms with E-state index in [9.17, 15) is 0 Å². The van der Waals surface area contributed by atoms with Crippen molar-refractivity contribution in [3.05, 3.63) is 78.9 Å². The second-order valence-corrected chi connectivity index (χ2v) is 10.9. The highest BCUT2D eigenvalue weighted by atomic mass is 32.2. The summed E-state index contributed by atoms with van der Waals surface area (Å²) in [5.74, 6) is 1.74. The lowest BCUT2D eigenvalue weighted by atomic mass is 10.2. The lowest BCUT2D eigenvalue weighted by Crippen LogP contribution is -2.26. The van der Waals surface area contributed by atoms with E-state index >= 15 is 0 Å². The van der Waals surface area contributed by atoms with Gasteiger partial charge in [0.2, 0.25) is 4.90 Å². The molecule has 0 radical (unpaired) electrons. The monoisotopic (exact) mass is 407 g/mol. The molecule has 2 nitrogen and oxygen atoms in total. The van der Waals surface area contributed by atoms with Gasteiger partial charge in [0.1, 0.15) is 22.1 Å². The molecule has 152 valence electrons. The zero-order valence-electron chi connectivity index (χ0n) is 18.2. The fourth-order valence-electron chi connectivity index (χ4n) is 3.00. The summed E-state index contributed by atoms with van der Waals surface area (Å²) < 4.78 is 12.9. The van der Waals surface area contributed by atoms with Crippen molar-refractivity contribution in [2.75, 3.05) is 0 Å². The van der Waals surface area contributed by atoms with E-state index in [-0.39, 0.29) is 22.1 Å². The van der Waals surface area contributed by atoms with Crippen LogP contribution in [0.25, 0.3) is 0 Å². The first kappa shape index (κ1) is 21.3. The molecule has 0 amide bonds. The summed E-state index contributed by atoms with van der Waals surface area (Å²) in [4.78, 5) is 3.57. The van der Waals surface area contributed by atoms with Crippen LogP contribution in [0.15, 0.2) is 93.5 Å². The molecule has 3 rings (SSSR count). The summed E-state index contributed by atoms with van der Waals surface area (Å²) in [6, 6.07) is 27.4. The number of benzene rings is 3. The van der Waals surface area contributed by atoms with Gasteiger partial charge in [-0.3, -0.25) is 0 Å². The van der Waals surface area contributed by atoms with Gasteiger partial charge in [0.15, 0.2) is 21.3 Å². The molecule has 3 heteroatoms. The van der Waals surface area contributed by atoms with Gasteiger partial charge in [0.05, 0.1) is 0 Å². The second kappa shape index (κ2) is 8.54. The Morgan fingerprint density at radius 3 is 1.24 bits per heavy atom. The predicted molar refractivity (Wildman–Crippen MR) is 122 cm³/mol. The van der Waals surface area contributed by atoms with Gasteiger partial charge in [-0.2, -0.15) is 0 Å². The Morgan fingerprint density at radius 2 is 0.897 bits per heavy atom. The van der Waals surface area contributed by atoms with Gasteiger partial charge in [0, 0.05) is 0 Å². The van der Waals surface area contributed by atoms with Gasteiger partial charge in [-0.15, -0.1) is 0 Å². The van der Waals surface area contributed by atoms with Crippen LogP contribution in [0, 0.1) is 0 Å². The van der Waals surface area contributed by atoms with E-state index in [1.807, 2.05) is 6.07 Å². The molecule has 0 spiro atoms. The second-order valence-electron chi connectivity index (χ2n) is 8.94. The Morgan fingerprint density at radius 1 is 0.517 bits per heavy atom. The Bertz CT molecular complexity index is 849. The lowest BCUT2D eigenvalue weighted by Gasteiger charge is -2.26. The van der Waals surface area contributed by atoms with Crippen molar-refractivity contribution in [1.29, 1.82) is 0 Å². The van der Waals surface area contributed by atoms with Crippen molar-refractivity contribution in [1.82, 2.24) is 0 Å². The molecule has 3 aromatic rings. The largest absolute Gasteiger partial charge is 0.483 e. The number of hydrogen-bond donors (Lipinski definition) is 0. The quantitative estimate of drug-likeness (QED) is 0.419. The first-order valence-corrected chi connectivity index (χ1v) is 11.2. The van der Waals surface area contributed by atoms with Gasteiger partial charge in [0.25, 0.3) is 0 Å². The van der Waals surface area contributed by atoms with Gasteiger partial charge >= 0.3 is 0 Å². The average molecular weight is 408 g/mol. The minimum absolute atomic E-state index is 0.308.